The summed E-state index contributed by atoms with van der Waals surface area (Å²) in [6.07, 6.45) is 0. The zero-order chi connectivity index (χ0) is 18.4. The van der Waals surface area contributed by atoms with Crippen molar-refractivity contribution in [3.63, 3.8) is 0 Å². The van der Waals surface area contributed by atoms with E-state index in [1.165, 1.54) is 0 Å². The fraction of sp³-hybridized carbons (Fsp3) is 0.263. The molecule has 2 N–H and O–H groups in total. The largest absolute Gasteiger partial charge is 0.325 e. The van der Waals surface area contributed by atoms with Crippen LogP contribution in [-0.4, -0.2) is 36.3 Å². The number of carbonyl (C=O) groups is 2. The maximum absolute atomic E-state index is 12.3. The molecule has 2 aromatic rings. The minimum absolute atomic E-state index is 0.128. The van der Waals surface area contributed by atoms with Gasteiger partial charge in [-0.15, -0.1) is 0 Å². The van der Waals surface area contributed by atoms with E-state index < -0.39 is 6.04 Å². The van der Waals surface area contributed by atoms with Gasteiger partial charge in [0.1, 0.15) is 0 Å². The molecule has 2 rings (SSSR count). The average molecular weight is 404 g/mol. The standard InChI is InChI=1S/C19H22BrN3O2/c1-13-4-8-16(9-5-13)21-18(24)12-23(3)14(2)19(25)22-17-10-6-15(20)7-11-17/h4-11,14H,12H2,1-3H3,(H,21,24)(H,22,25)/t14-/m0/s1. The maximum Gasteiger partial charge on any atom is 0.241 e. The second-order valence-electron chi connectivity index (χ2n) is 6.00. The Morgan fingerprint density at radius 3 is 2.12 bits per heavy atom. The first-order valence-electron chi connectivity index (χ1n) is 7.98. The van der Waals surface area contributed by atoms with Gasteiger partial charge in [-0.3, -0.25) is 14.5 Å². The first-order valence-corrected chi connectivity index (χ1v) is 8.77. The molecule has 5 nitrogen and oxygen atoms in total. The summed E-state index contributed by atoms with van der Waals surface area (Å²) in [7, 11) is 1.75. The smallest absolute Gasteiger partial charge is 0.241 e. The molecule has 25 heavy (non-hydrogen) atoms. The second kappa shape index (κ2) is 8.78. The third kappa shape index (κ3) is 5.99. The Morgan fingerprint density at radius 2 is 1.52 bits per heavy atom. The van der Waals surface area contributed by atoms with Crippen LogP contribution in [0.2, 0.25) is 0 Å². The van der Waals surface area contributed by atoms with Crippen LogP contribution >= 0.6 is 15.9 Å². The van der Waals surface area contributed by atoms with Crippen LogP contribution in [0.25, 0.3) is 0 Å². The van der Waals surface area contributed by atoms with Crippen molar-refractivity contribution in [1.82, 2.24) is 4.90 Å². The molecule has 0 fully saturated rings. The van der Waals surface area contributed by atoms with Gasteiger partial charge in [0, 0.05) is 15.8 Å². The van der Waals surface area contributed by atoms with Gasteiger partial charge in [-0.05, 0) is 57.3 Å². The lowest BCUT2D eigenvalue weighted by atomic mass is 10.2. The first kappa shape index (κ1) is 19.1. The summed E-state index contributed by atoms with van der Waals surface area (Å²) in [5.41, 5.74) is 2.60. The summed E-state index contributed by atoms with van der Waals surface area (Å²) < 4.78 is 0.948. The van der Waals surface area contributed by atoms with Gasteiger partial charge in [0.05, 0.1) is 12.6 Å². The number of halogens is 1. The zero-order valence-electron chi connectivity index (χ0n) is 14.5. The second-order valence-corrected chi connectivity index (χ2v) is 6.92. The topological polar surface area (TPSA) is 61.4 Å². The summed E-state index contributed by atoms with van der Waals surface area (Å²) in [5, 5.41) is 5.68. The minimum Gasteiger partial charge on any atom is -0.325 e. The highest BCUT2D eigenvalue weighted by atomic mass is 79.9. The van der Waals surface area contributed by atoms with Gasteiger partial charge in [-0.2, -0.15) is 0 Å². The van der Waals surface area contributed by atoms with E-state index in [1.807, 2.05) is 55.5 Å². The summed E-state index contributed by atoms with van der Waals surface area (Å²) >= 11 is 3.36. The van der Waals surface area contributed by atoms with E-state index in [4.69, 9.17) is 0 Å². The van der Waals surface area contributed by atoms with Gasteiger partial charge in [0.2, 0.25) is 11.8 Å². The fourth-order valence-electron chi connectivity index (χ4n) is 2.18. The Hall–Kier alpha value is -2.18. The van der Waals surface area contributed by atoms with Crippen molar-refractivity contribution in [2.24, 2.45) is 0 Å². The maximum atomic E-state index is 12.3. The average Bonchev–Trinajstić information content (AvgIpc) is 2.58. The van der Waals surface area contributed by atoms with Crippen LogP contribution in [0.5, 0.6) is 0 Å². The number of likely N-dealkylation sites (N-methyl/N-ethyl adjacent to an activating group) is 1. The Morgan fingerprint density at radius 1 is 1.00 bits per heavy atom. The van der Waals surface area contributed by atoms with Crippen LogP contribution in [-0.2, 0) is 9.59 Å². The van der Waals surface area contributed by atoms with E-state index in [2.05, 4.69) is 26.6 Å². The number of aryl methyl sites for hydroxylation is 1. The molecule has 2 aromatic carbocycles. The van der Waals surface area contributed by atoms with Crippen molar-refractivity contribution in [2.75, 3.05) is 24.2 Å². The Labute approximate surface area is 156 Å². The van der Waals surface area contributed by atoms with E-state index in [0.717, 1.165) is 21.4 Å². The third-order valence-electron chi connectivity index (χ3n) is 3.88. The lowest BCUT2D eigenvalue weighted by Gasteiger charge is -2.23. The predicted octanol–water partition coefficient (Wildman–Crippen LogP) is 3.66. The van der Waals surface area contributed by atoms with Crippen LogP contribution in [0.3, 0.4) is 0 Å². The highest BCUT2D eigenvalue weighted by Crippen LogP contribution is 2.15. The Balaban J connectivity index is 1.86. The molecular formula is C19H22BrN3O2. The van der Waals surface area contributed by atoms with Crippen LogP contribution in [0, 0.1) is 6.92 Å². The number of amides is 2. The van der Waals surface area contributed by atoms with Crippen molar-refractivity contribution < 1.29 is 9.59 Å². The molecule has 0 unspecified atom stereocenters. The Kier molecular flexibility index (Phi) is 6.73. The number of hydrogen-bond donors (Lipinski definition) is 2. The molecule has 6 heteroatoms. The van der Waals surface area contributed by atoms with Crippen molar-refractivity contribution in [3.8, 4) is 0 Å². The molecule has 1 atom stereocenters. The fourth-order valence-corrected chi connectivity index (χ4v) is 2.45. The van der Waals surface area contributed by atoms with Crippen molar-refractivity contribution in [2.45, 2.75) is 19.9 Å². The van der Waals surface area contributed by atoms with Crippen molar-refractivity contribution in [1.29, 1.82) is 0 Å². The van der Waals surface area contributed by atoms with Gasteiger partial charge < -0.3 is 10.6 Å². The molecule has 0 saturated carbocycles. The van der Waals surface area contributed by atoms with E-state index >= 15 is 0 Å². The number of nitrogens with zero attached hydrogens (tertiary/aromatic N) is 1. The molecule has 0 aliphatic carbocycles. The summed E-state index contributed by atoms with van der Waals surface area (Å²) in [6.45, 7) is 3.89. The van der Waals surface area contributed by atoms with E-state index in [9.17, 15) is 9.59 Å². The van der Waals surface area contributed by atoms with Crippen molar-refractivity contribution >= 4 is 39.1 Å². The summed E-state index contributed by atoms with van der Waals surface area (Å²) in [6, 6.07) is 14.5. The van der Waals surface area contributed by atoms with Gasteiger partial charge >= 0.3 is 0 Å². The van der Waals surface area contributed by atoms with Crippen LogP contribution in [0.1, 0.15) is 12.5 Å². The number of anilines is 2. The Bertz CT molecular complexity index is 729. The van der Waals surface area contributed by atoms with E-state index in [-0.39, 0.29) is 18.4 Å². The molecule has 2 amide bonds. The van der Waals surface area contributed by atoms with Crippen LogP contribution < -0.4 is 10.6 Å². The molecule has 132 valence electrons. The summed E-state index contributed by atoms with van der Waals surface area (Å²) in [5.74, 6) is -0.317. The van der Waals surface area contributed by atoms with Gasteiger partial charge in [0.15, 0.2) is 0 Å². The van der Waals surface area contributed by atoms with E-state index in [1.54, 1.807) is 18.9 Å². The van der Waals surface area contributed by atoms with E-state index in [0.29, 0.717) is 0 Å². The quantitative estimate of drug-likeness (QED) is 0.773. The highest BCUT2D eigenvalue weighted by molar-refractivity contribution is 9.10. The molecule has 0 aromatic heterocycles. The molecule has 0 aliphatic heterocycles. The van der Waals surface area contributed by atoms with Gasteiger partial charge in [-0.1, -0.05) is 33.6 Å². The van der Waals surface area contributed by atoms with Gasteiger partial charge in [-0.25, -0.2) is 0 Å². The van der Waals surface area contributed by atoms with Gasteiger partial charge in [0.25, 0.3) is 0 Å². The molecule has 0 bridgehead atoms. The van der Waals surface area contributed by atoms with Crippen molar-refractivity contribution in [3.05, 3.63) is 58.6 Å². The lowest BCUT2D eigenvalue weighted by molar-refractivity contribution is -0.122. The number of carbonyl (C=O) groups excluding carboxylic acids is 2. The molecule has 0 radical (unpaired) electrons. The SMILES string of the molecule is Cc1ccc(NC(=O)CN(C)[C@@H](C)C(=O)Nc2ccc(Br)cc2)cc1. The third-order valence-corrected chi connectivity index (χ3v) is 4.41. The molecule has 0 saturated heterocycles. The molecule has 0 spiro atoms. The predicted molar refractivity (Wildman–Crippen MR) is 105 cm³/mol. The molecule has 0 aliphatic rings. The normalized spacial score (nSPS) is 11.9. The number of rotatable bonds is 6. The highest BCUT2D eigenvalue weighted by Gasteiger charge is 2.20. The monoisotopic (exact) mass is 403 g/mol. The zero-order valence-corrected chi connectivity index (χ0v) is 16.1. The molecular weight excluding hydrogens is 382 g/mol. The summed E-state index contributed by atoms with van der Waals surface area (Å²) in [4.78, 5) is 26.2. The number of benzene rings is 2. The number of hydrogen-bond acceptors (Lipinski definition) is 3. The van der Waals surface area contributed by atoms with Crippen LogP contribution in [0.4, 0.5) is 11.4 Å². The number of nitrogens with one attached hydrogen (secondary N) is 2. The lowest BCUT2D eigenvalue weighted by Crippen LogP contribution is -2.43. The minimum atomic E-state index is -0.438. The van der Waals surface area contributed by atoms with Crippen LogP contribution in [0.15, 0.2) is 53.0 Å². The first-order chi connectivity index (χ1) is 11.8. The molecule has 0 heterocycles.